The first kappa shape index (κ1) is 20.0. The summed E-state index contributed by atoms with van der Waals surface area (Å²) < 4.78 is 13.7. The van der Waals surface area contributed by atoms with Gasteiger partial charge in [0.1, 0.15) is 5.82 Å². The van der Waals surface area contributed by atoms with Crippen LogP contribution in [0.2, 0.25) is 0 Å². The Bertz CT molecular complexity index is 808. The number of amides is 1. The predicted molar refractivity (Wildman–Crippen MR) is 112 cm³/mol. The molecule has 1 amide bonds. The standard InChI is InChI=1S/C23H29FN4O/c24-21-8-4-7-20(15-21)22-16-25-9-10-28(22)23(29)18-27-13-11-26(12-14-27)17-19-5-2-1-3-6-19/h1-8,15,22,25H,9-14,16-18H2. The third-order valence-electron chi connectivity index (χ3n) is 5.87. The lowest BCUT2D eigenvalue weighted by Crippen LogP contribution is -2.54. The molecule has 2 fully saturated rings. The van der Waals surface area contributed by atoms with Crippen LogP contribution in [0.5, 0.6) is 0 Å². The molecule has 0 bridgehead atoms. The van der Waals surface area contributed by atoms with Gasteiger partial charge >= 0.3 is 0 Å². The highest BCUT2D eigenvalue weighted by molar-refractivity contribution is 5.79. The van der Waals surface area contributed by atoms with E-state index in [2.05, 4.69) is 39.4 Å². The molecule has 2 aromatic rings. The largest absolute Gasteiger partial charge is 0.332 e. The van der Waals surface area contributed by atoms with E-state index in [9.17, 15) is 9.18 Å². The van der Waals surface area contributed by atoms with Crippen LogP contribution in [0, 0.1) is 5.82 Å². The fourth-order valence-electron chi connectivity index (χ4n) is 4.24. The summed E-state index contributed by atoms with van der Waals surface area (Å²) in [7, 11) is 0. The van der Waals surface area contributed by atoms with Crippen LogP contribution in [-0.2, 0) is 11.3 Å². The van der Waals surface area contributed by atoms with Crippen molar-refractivity contribution < 1.29 is 9.18 Å². The molecule has 2 heterocycles. The highest BCUT2D eigenvalue weighted by Gasteiger charge is 2.29. The predicted octanol–water partition coefficient (Wildman–Crippen LogP) is 2.12. The van der Waals surface area contributed by atoms with E-state index in [-0.39, 0.29) is 17.8 Å². The number of halogens is 1. The fraction of sp³-hybridized carbons (Fsp3) is 0.435. The number of piperazine rings is 2. The van der Waals surface area contributed by atoms with Crippen LogP contribution in [0.4, 0.5) is 4.39 Å². The molecule has 4 rings (SSSR count). The number of hydrogen-bond acceptors (Lipinski definition) is 4. The first-order valence-corrected chi connectivity index (χ1v) is 10.4. The van der Waals surface area contributed by atoms with Crippen molar-refractivity contribution in [3.63, 3.8) is 0 Å². The number of nitrogens with zero attached hydrogens (tertiary/aromatic N) is 3. The number of rotatable bonds is 5. The summed E-state index contributed by atoms with van der Waals surface area (Å²) in [4.78, 5) is 19.7. The summed E-state index contributed by atoms with van der Waals surface area (Å²) in [6, 6.07) is 17.0. The molecule has 154 valence electrons. The highest BCUT2D eigenvalue weighted by Crippen LogP contribution is 2.23. The van der Waals surface area contributed by atoms with Gasteiger partial charge < -0.3 is 10.2 Å². The lowest BCUT2D eigenvalue weighted by Gasteiger charge is -2.39. The molecule has 0 spiro atoms. The van der Waals surface area contributed by atoms with E-state index in [0.717, 1.165) is 44.8 Å². The third kappa shape index (κ3) is 5.21. The molecule has 5 nitrogen and oxygen atoms in total. The van der Waals surface area contributed by atoms with E-state index >= 15 is 0 Å². The van der Waals surface area contributed by atoms with Gasteiger partial charge in [-0.2, -0.15) is 0 Å². The Morgan fingerprint density at radius 2 is 1.72 bits per heavy atom. The zero-order valence-electron chi connectivity index (χ0n) is 16.8. The molecule has 2 aromatic carbocycles. The lowest BCUT2D eigenvalue weighted by atomic mass is 10.0. The molecule has 6 heteroatoms. The number of carbonyl (C=O) groups is 1. The first-order valence-electron chi connectivity index (χ1n) is 10.4. The lowest BCUT2D eigenvalue weighted by molar-refractivity contribution is -0.136. The van der Waals surface area contributed by atoms with Gasteiger partial charge in [-0.05, 0) is 23.3 Å². The Balaban J connectivity index is 1.31. The van der Waals surface area contributed by atoms with E-state index < -0.39 is 0 Å². The SMILES string of the molecule is O=C(CN1CCN(Cc2ccccc2)CC1)N1CCNCC1c1cccc(F)c1. The summed E-state index contributed by atoms with van der Waals surface area (Å²) >= 11 is 0. The summed E-state index contributed by atoms with van der Waals surface area (Å²) in [5, 5.41) is 3.33. The Hall–Kier alpha value is -2.28. The number of benzene rings is 2. The normalized spacial score (nSPS) is 21.3. The maximum Gasteiger partial charge on any atom is 0.237 e. The maximum atomic E-state index is 13.7. The van der Waals surface area contributed by atoms with Crippen LogP contribution in [0.1, 0.15) is 17.2 Å². The second-order valence-corrected chi connectivity index (χ2v) is 7.90. The Kier molecular flexibility index (Phi) is 6.54. The third-order valence-corrected chi connectivity index (χ3v) is 5.87. The van der Waals surface area contributed by atoms with Crippen molar-refractivity contribution >= 4 is 5.91 Å². The van der Waals surface area contributed by atoms with Gasteiger partial charge in [-0.25, -0.2) is 4.39 Å². The average molecular weight is 397 g/mol. The quantitative estimate of drug-likeness (QED) is 0.840. The molecule has 1 atom stereocenters. The smallest absolute Gasteiger partial charge is 0.237 e. The van der Waals surface area contributed by atoms with Gasteiger partial charge in [0.05, 0.1) is 12.6 Å². The molecule has 1 unspecified atom stereocenters. The second kappa shape index (κ2) is 9.48. The minimum atomic E-state index is -0.255. The minimum Gasteiger partial charge on any atom is -0.332 e. The van der Waals surface area contributed by atoms with Crippen molar-refractivity contribution in [2.24, 2.45) is 0 Å². The molecule has 0 aliphatic carbocycles. The molecule has 29 heavy (non-hydrogen) atoms. The molecular weight excluding hydrogens is 367 g/mol. The highest BCUT2D eigenvalue weighted by atomic mass is 19.1. The Labute approximate surface area is 172 Å². The molecule has 0 radical (unpaired) electrons. The van der Waals surface area contributed by atoms with Crippen molar-refractivity contribution in [3.8, 4) is 0 Å². The molecule has 0 aromatic heterocycles. The summed E-state index contributed by atoms with van der Waals surface area (Å²) in [5.41, 5.74) is 2.19. The topological polar surface area (TPSA) is 38.8 Å². The minimum absolute atomic E-state index is 0.105. The van der Waals surface area contributed by atoms with E-state index in [1.165, 1.54) is 11.6 Å². The van der Waals surface area contributed by atoms with Crippen molar-refractivity contribution in [1.82, 2.24) is 20.0 Å². The molecular formula is C23H29FN4O. The van der Waals surface area contributed by atoms with Gasteiger partial charge in [0, 0.05) is 52.4 Å². The van der Waals surface area contributed by atoms with Gasteiger partial charge in [0.25, 0.3) is 0 Å². The van der Waals surface area contributed by atoms with Crippen molar-refractivity contribution in [1.29, 1.82) is 0 Å². The van der Waals surface area contributed by atoms with Crippen LogP contribution in [0.3, 0.4) is 0 Å². The van der Waals surface area contributed by atoms with Gasteiger partial charge in [-0.3, -0.25) is 14.6 Å². The monoisotopic (exact) mass is 396 g/mol. The van der Waals surface area contributed by atoms with Crippen molar-refractivity contribution in [3.05, 3.63) is 71.5 Å². The van der Waals surface area contributed by atoms with Gasteiger partial charge in [-0.15, -0.1) is 0 Å². The zero-order chi connectivity index (χ0) is 20.1. The molecule has 2 aliphatic heterocycles. The van der Waals surface area contributed by atoms with E-state index in [1.54, 1.807) is 12.1 Å². The van der Waals surface area contributed by atoms with Crippen LogP contribution >= 0.6 is 0 Å². The van der Waals surface area contributed by atoms with E-state index in [4.69, 9.17) is 0 Å². The second-order valence-electron chi connectivity index (χ2n) is 7.90. The molecule has 0 saturated carbocycles. The van der Waals surface area contributed by atoms with Crippen LogP contribution in [-0.4, -0.2) is 73.0 Å². The zero-order valence-corrected chi connectivity index (χ0v) is 16.8. The van der Waals surface area contributed by atoms with Crippen molar-refractivity contribution in [2.75, 3.05) is 52.4 Å². The Morgan fingerprint density at radius 3 is 2.48 bits per heavy atom. The van der Waals surface area contributed by atoms with E-state index in [0.29, 0.717) is 19.6 Å². The van der Waals surface area contributed by atoms with Gasteiger partial charge in [-0.1, -0.05) is 42.5 Å². The summed E-state index contributed by atoms with van der Waals surface area (Å²) in [6.45, 7) is 7.24. The molecule has 1 N–H and O–H groups in total. The van der Waals surface area contributed by atoms with Crippen molar-refractivity contribution in [2.45, 2.75) is 12.6 Å². The van der Waals surface area contributed by atoms with Gasteiger partial charge in [0.15, 0.2) is 0 Å². The molecule has 2 saturated heterocycles. The fourth-order valence-corrected chi connectivity index (χ4v) is 4.24. The van der Waals surface area contributed by atoms with Crippen LogP contribution in [0.25, 0.3) is 0 Å². The Morgan fingerprint density at radius 1 is 0.966 bits per heavy atom. The summed E-state index contributed by atoms with van der Waals surface area (Å²) in [5.74, 6) is -0.118. The maximum absolute atomic E-state index is 13.7. The first-order chi connectivity index (χ1) is 14.2. The molecule has 2 aliphatic rings. The van der Waals surface area contributed by atoms with Crippen LogP contribution in [0.15, 0.2) is 54.6 Å². The average Bonchev–Trinajstić information content (AvgIpc) is 2.76. The van der Waals surface area contributed by atoms with E-state index in [1.807, 2.05) is 17.0 Å². The number of nitrogens with one attached hydrogen (secondary N) is 1. The summed E-state index contributed by atoms with van der Waals surface area (Å²) in [6.07, 6.45) is 0. The number of hydrogen-bond donors (Lipinski definition) is 1. The van der Waals surface area contributed by atoms with Gasteiger partial charge in [0.2, 0.25) is 5.91 Å². The number of carbonyl (C=O) groups excluding carboxylic acids is 1. The van der Waals surface area contributed by atoms with Crippen LogP contribution < -0.4 is 5.32 Å².